The predicted octanol–water partition coefficient (Wildman–Crippen LogP) is 17.1. The summed E-state index contributed by atoms with van der Waals surface area (Å²) in [5.74, 6) is 1.87. The molecule has 3 aromatic heterocycles. The Hall–Kier alpha value is -8.77. The van der Waals surface area contributed by atoms with Gasteiger partial charge in [-0.15, -0.1) is 11.3 Å². The predicted molar refractivity (Wildman–Crippen MR) is 287 cm³/mol. The molecule has 0 saturated carbocycles. The van der Waals surface area contributed by atoms with E-state index in [2.05, 4.69) is 217 Å². The lowest BCUT2D eigenvalue weighted by atomic mass is 9.90. The molecule has 5 heteroatoms. The molecular formula is C63H38N4S. The van der Waals surface area contributed by atoms with Crippen molar-refractivity contribution < 1.29 is 0 Å². The first kappa shape index (κ1) is 38.5. The van der Waals surface area contributed by atoms with Crippen molar-refractivity contribution in [3.63, 3.8) is 0 Å². The van der Waals surface area contributed by atoms with Crippen molar-refractivity contribution in [2.24, 2.45) is 0 Å². The molecule has 0 fully saturated rings. The molecular weight excluding hydrogens is 845 g/mol. The standard InChI is InChI=1S/C63H38N4S/c1-4-16-39(17-5-1)45-29-31-48-54(35-45)59(63-65-61(42-21-8-3-9-22-42)64-62(66-63)46-30-32-50-49-26-14-15-27-57(49)68-58(50)37-46)52(40-18-6-2-7-19-40)38-56(48)67-55-36-44-24-11-10-23-43(44)34-53(55)51-33-28-41-20-12-13-25-47(41)60(51)67/h1-38H. The second kappa shape index (κ2) is 15.4. The van der Waals surface area contributed by atoms with Crippen LogP contribution in [0.4, 0.5) is 0 Å². The molecule has 0 N–H and O–H groups in total. The van der Waals surface area contributed by atoms with Crippen molar-refractivity contribution >= 4 is 85.6 Å². The van der Waals surface area contributed by atoms with Gasteiger partial charge in [0.05, 0.1) is 16.7 Å². The normalized spacial score (nSPS) is 11.8. The van der Waals surface area contributed by atoms with E-state index in [1.54, 1.807) is 11.3 Å². The van der Waals surface area contributed by atoms with Crippen LogP contribution >= 0.6 is 11.3 Å². The molecule has 4 nitrogen and oxygen atoms in total. The first-order valence-electron chi connectivity index (χ1n) is 23.0. The number of rotatable bonds is 6. The molecule has 0 aliphatic carbocycles. The summed E-state index contributed by atoms with van der Waals surface area (Å²) in [6.07, 6.45) is 0. The van der Waals surface area contributed by atoms with E-state index >= 15 is 0 Å². The van der Waals surface area contributed by atoms with Gasteiger partial charge in [0.15, 0.2) is 17.5 Å². The molecule has 0 aliphatic rings. The molecule has 0 saturated heterocycles. The summed E-state index contributed by atoms with van der Waals surface area (Å²) >= 11 is 1.80. The van der Waals surface area contributed by atoms with Gasteiger partial charge in [-0.05, 0) is 80.2 Å². The molecule has 0 radical (unpaired) electrons. The summed E-state index contributed by atoms with van der Waals surface area (Å²) in [7, 11) is 0. The Kier molecular flexibility index (Phi) is 8.73. The number of fused-ring (bicyclic) bond motifs is 10. The van der Waals surface area contributed by atoms with Crippen molar-refractivity contribution in [3.8, 4) is 62.1 Å². The van der Waals surface area contributed by atoms with Crippen LogP contribution in [0.1, 0.15) is 0 Å². The van der Waals surface area contributed by atoms with Gasteiger partial charge in [0.1, 0.15) is 0 Å². The van der Waals surface area contributed by atoms with Crippen molar-refractivity contribution in [3.05, 3.63) is 231 Å². The van der Waals surface area contributed by atoms with Gasteiger partial charge in [0.25, 0.3) is 0 Å². The fourth-order valence-electron chi connectivity index (χ4n) is 10.4. The van der Waals surface area contributed by atoms with E-state index in [0.29, 0.717) is 17.5 Å². The Morgan fingerprint density at radius 2 is 0.882 bits per heavy atom. The monoisotopic (exact) mass is 882 g/mol. The fourth-order valence-corrected chi connectivity index (χ4v) is 11.5. The Morgan fingerprint density at radius 1 is 0.309 bits per heavy atom. The molecule has 68 heavy (non-hydrogen) atoms. The van der Waals surface area contributed by atoms with E-state index < -0.39 is 0 Å². The van der Waals surface area contributed by atoms with Gasteiger partial charge >= 0.3 is 0 Å². The van der Waals surface area contributed by atoms with E-state index in [0.717, 1.165) is 60.9 Å². The SMILES string of the molecule is c1ccc(-c2ccc3c(-n4c5cc6ccccc6cc5c5ccc6ccccc6c54)cc(-c4ccccc4)c(-c4nc(-c5ccccc5)nc(-c5ccc6c(c5)sc5ccccc56)n4)c3c2)cc1. The molecule has 14 rings (SSSR count). The Balaban J connectivity index is 1.13. The van der Waals surface area contributed by atoms with E-state index in [1.807, 2.05) is 18.2 Å². The van der Waals surface area contributed by atoms with Gasteiger partial charge in [0.2, 0.25) is 0 Å². The average Bonchev–Trinajstić information content (AvgIpc) is 3.95. The average molecular weight is 883 g/mol. The summed E-state index contributed by atoms with van der Waals surface area (Å²) in [4.78, 5) is 16.3. The lowest BCUT2D eigenvalue weighted by molar-refractivity contribution is 1.08. The second-order valence-electron chi connectivity index (χ2n) is 17.5. The minimum absolute atomic E-state index is 0.615. The van der Waals surface area contributed by atoms with Crippen molar-refractivity contribution in [2.75, 3.05) is 0 Å². The maximum absolute atomic E-state index is 5.54. The zero-order chi connectivity index (χ0) is 44.7. The second-order valence-corrected chi connectivity index (χ2v) is 18.6. The number of hydrogen-bond donors (Lipinski definition) is 0. The van der Waals surface area contributed by atoms with E-state index in [9.17, 15) is 0 Å². The van der Waals surface area contributed by atoms with Crippen LogP contribution in [0.15, 0.2) is 231 Å². The van der Waals surface area contributed by atoms with Crippen LogP contribution in [0.5, 0.6) is 0 Å². The molecule has 316 valence electrons. The molecule has 3 heterocycles. The highest BCUT2D eigenvalue weighted by atomic mass is 32.1. The van der Waals surface area contributed by atoms with E-state index in [-0.39, 0.29) is 0 Å². The highest BCUT2D eigenvalue weighted by Crippen LogP contribution is 2.46. The molecule has 0 aliphatic heterocycles. The summed E-state index contributed by atoms with van der Waals surface area (Å²) < 4.78 is 4.98. The Morgan fingerprint density at radius 3 is 1.66 bits per heavy atom. The van der Waals surface area contributed by atoms with E-state index in [4.69, 9.17) is 15.0 Å². The summed E-state index contributed by atoms with van der Waals surface area (Å²) in [6.45, 7) is 0. The molecule has 0 unspecified atom stereocenters. The van der Waals surface area contributed by atoms with Crippen molar-refractivity contribution in [1.82, 2.24) is 19.5 Å². The number of hydrogen-bond acceptors (Lipinski definition) is 4. The van der Waals surface area contributed by atoms with Crippen LogP contribution in [0.3, 0.4) is 0 Å². The van der Waals surface area contributed by atoms with E-state index in [1.165, 1.54) is 58.0 Å². The summed E-state index contributed by atoms with van der Waals surface area (Å²) in [6, 6.07) is 83.1. The maximum Gasteiger partial charge on any atom is 0.165 e. The highest BCUT2D eigenvalue weighted by Gasteiger charge is 2.25. The number of thiophene rings is 1. The zero-order valence-electron chi connectivity index (χ0n) is 36.6. The number of nitrogens with zero attached hydrogens (tertiary/aromatic N) is 4. The van der Waals surface area contributed by atoms with Crippen LogP contribution in [0, 0.1) is 0 Å². The third-order valence-electron chi connectivity index (χ3n) is 13.6. The molecule has 11 aromatic carbocycles. The topological polar surface area (TPSA) is 43.6 Å². The first-order valence-corrected chi connectivity index (χ1v) is 23.8. The molecule has 14 aromatic rings. The largest absolute Gasteiger partial charge is 0.308 e. The van der Waals surface area contributed by atoms with Gasteiger partial charge in [-0.1, -0.05) is 194 Å². The highest BCUT2D eigenvalue weighted by molar-refractivity contribution is 7.25. The molecule has 0 bridgehead atoms. The lowest BCUT2D eigenvalue weighted by Crippen LogP contribution is -2.04. The minimum atomic E-state index is 0.615. The Bertz CT molecular complexity index is 4310. The first-order chi connectivity index (χ1) is 33.7. The van der Waals surface area contributed by atoms with Gasteiger partial charge in [-0.3, -0.25) is 0 Å². The van der Waals surface area contributed by atoms with Crippen LogP contribution in [0.25, 0.3) is 136 Å². The van der Waals surface area contributed by atoms with Crippen LogP contribution in [0.2, 0.25) is 0 Å². The minimum Gasteiger partial charge on any atom is -0.308 e. The van der Waals surface area contributed by atoms with Crippen molar-refractivity contribution in [1.29, 1.82) is 0 Å². The molecule has 0 atom stereocenters. The van der Waals surface area contributed by atoms with Crippen LogP contribution < -0.4 is 0 Å². The zero-order valence-corrected chi connectivity index (χ0v) is 37.5. The maximum atomic E-state index is 5.54. The smallest absolute Gasteiger partial charge is 0.165 e. The fraction of sp³-hybridized carbons (Fsp3) is 0. The third kappa shape index (κ3) is 6.17. The van der Waals surface area contributed by atoms with Crippen LogP contribution in [-0.2, 0) is 0 Å². The van der Waals surface area contributed by atoms with Gasteiger partial charge in [0, 0.05) is 58.4 Å². The molecule has 0 spiro atoms. The van der Waals surface area contributed by atoms with Gasteiger partial charge in [-0.25, -0.2) is 15.0 Å². The lowest BCUT2D eigenvalue weighted by Gasteiger charge is -2.20. The quantitative estimate of drug-likeness (QED) is 0.167. The number of benzene rings is 11. The molecule has 0 amide bonds. The number of aromatic nitrogens is 4. The summed E-state index contributed by atoms with van der Waals surface area (Å²) in [5.41, 5.74) is 10.6. The van der Waals surface area contributed by atoms with Gasteiger partial charge < -0.3 is 4.57 Å². The van der Waals surface area contributed by atoms with Gasteiger partial charge in [-0.2, -0.15) is 0 Å². The summed E-state index contributed by atoms with van der Waals surface area (Å²) in [5, 5.41) is 11.9. The van der Waals surface area contributed by atoms with Crippen molar-refractivity contribution in [2.45, 2.75) is 0 Å². The third-order valence-corrected chi connectivity index (χ3v) is 14.7. The van der Waals surface area contributed by atoms with Crippen LogP contribution in [-0.4, -0.2) is 19.5 Å². The Labute approximate surface area is 395 Å².